The lowest BCUT2D eigenvalue weighted by molar-refractivity contribution is -0.118. The van der Waals surface area contributed by atoms with Gasteiger partial charge in [-0.1, -0.05) is 12.1 Å². The number of ether oxygens (including phenoxy) is 2. The average molecular weight is 364 g/mol. The second-order valence-corrected chi connectivity index (χ2v) is 5.81. The Morgan fingerprint density at radius 2 is 1.82 bits per heavy atom. The molecule has 0 unspecified atom stereocenters. The molecule has 1 amide bonds. The van der Waals surface area contributed by atoms with Crippen molar-refractivity contribution in [2.24, 2.45) is 0 Å². The van der Waals surface area contributed by atoms with Gasteiger partial charge in [0.2, 0.25) is 0 Å². The van der Waals surface area contributed by atoms with Crippen molar-refractivity contribution >= 4 is 27.5 Å². The molecule has 22 heavy (non-hydrogen) atoms. The Labute approximate surface area is 138 Å². The van der Waals surface area contributed by atoms with Gasteiger partial charge in [0.1, 0.15) is 11.5 Å². The summed E-state index contributed by atoms with van der Waals surface area (Å²) >= 11 is 3.37. The first-order valence-corrected chi connectivity index (χ1v) is 7.78. The summed E-state index contributed by atoms with van der Waals surface area (Å²) in [6, 6.07) is 14.6. The van der Waals surface area contributed by atoms with Crippen molar-refractivity contribution in [3.05, 3.63) is 53.0 Å². The van der Waals surface area contributed by atoms with Gasteiger partial charge in [0.05, 0.1) is 10.6 Å². The van der Waals surface area contributed by atoms with Crippen molar-refractivity contribution in [1.29, 1.82) is 0 Å². The predicted molar refractivity (Wildman–Crippen MR) is 90.5 cm³/mol. The lowest BCUT2D eigenvalue weighted by atomic mass is 10.3. The Balaban J connectivity index is 1.85. The Morgan fingerprint density at radius 1 is 1.14 bits per heavy atom. The van der Waals surface area contributed by atoms with E-state index in [4.69, 9.17) is 9.47 Å². The van der Waals surface area contributed by atoms with Crippen LogP contribution in [0.3, 0.4) is 0 Å². The normalized spacial score (nSPS) is 10.4. The van der Waals surface area contributed by atoms with Crippen LogP contribution in [0.4, 0.5) is 5.69 Å². The third-order valence-corrected chi connectivity index (χ3v) is 3.36. The Bertz CT molecular complexity index is 626. The predicted octanol–water partition coefficient (Wildman–Crippen LogP) is 4.25. The van der Waals surface area contributed by atoms with E-state index in [1.54, 1.807) is 18.2 Å². The quantitative estimate of drug-likeness (QED) is 0.834. The summed E-state index contributed by atoms with van der Waals surface area (Å²) in [5, 5.41) is 2.78. The van der Waals surface area contributed by atoms with Crippen molar-refractivity contribution in [2.45, 2.75) is 20.0 Å². The third kappa shape index (κ3) is 5.07. The molecular formula is C17H18BrNO3. The number of hydrogen-bond donors (Lipinski definition) is 1. The summed E-state index contributed by atoms with van der Waals surface area (Å²) in [5.74, 6) is 1.20. The fraction of sp³-hybridized carbons (Fsp3) is 0.235. The maximum absolute atomic E-state index is 11.9. The highest BCUT2D eigenvalue weighted by Gasteiger charge is 2.06. The molecule has 2 aromatic carbocycles. The van der Waals surface area contributed by atoms with E-state index in [1.807, 2.05) is 44.2 Å². The minimum absolute atomic E-state index is 0.0488. The van der Waals surface area contributed by atoms with Gasteiger partial charge in [0.15, 0.2) is 6.61 Å². The van der Waals surface area contributed by atoms with Gasteiger partial charge in [-0.2, -0.15) is 0 Å². The fourth-order valence-electron chi connectivity index (χ4n) is 1.79. The summed E-state index contributed by atoms with van der Waals surface area (Å²) < 4.78 is 11.8. The lowest BCUT2D eigenvalue weighted by Gasteiger charge is -2.11. The molecular weight excluding hydrogens is 346 g/mol. The molecule has 1 N–H and O–H groups in total. The second-order valence-electron chi connectivity index (χ2n) is 4.96. The lowest BCUT2D eigenvalue weighted by Crippen LogP contribution is -2.20. The van der Waals surface area contributed by atoms with E-state index in [1.165, 1.54) is 0 Å². The van der Waals surface area contributed by atoms with Gasteiger partial charge in [-0.15, -0.1) is 0 Å². The molecule has 0 radical (unpaired) electrons. The molecule has 4 nitrogen and oxygen atoms in total. The van der Waals surface area contributed by atoms with Crippen LogP contribution >= 0.6 is 15.9 Å². The van der Waals surface area contributed by atoms with Crippen LogP contribution in [0.2, 0.25) is 0 Å². The van der Waals surface area contributed by atoms with Crippen molar-refractivity contribution in [3.63, 3.8) is 0 Å². The Hall–Kier alpha value is -2.01. The van der Waals surface area contributed by atoms with E-state index in [0.29, 0.717) is 11.4 Å². The summed E-state index contributed by atoms with van der Waals surface area (Å²) in [5.41, 5.74) is 0.705. The van der Waals surface area contributed by atoms with Gasteiger partial charge < -0.3 is 14.8 Å². The average Bonchev–Trinajstić information content (AvgIpc) is 2.48. The highest BCUT2D eigenvalue weighted by Crippen LogP contribution is 2.23. The number of para-hydroxylation sites is 1. The number of hydrogen-bond acceptors (Lipinski definition) is 3. The minimum Gasteiger partial charge on any atom is -0.491 e. The highest BCUT2D eigenvalue weighted by molar-refractivity contribution is 9.10. The number of carbonyl (C=O) groups is 1. The van der Waals surface area contributed by atoms with Gasteiger partial charge >= 0.3 is 0 Å². The Morgan fingerprint density at radius 3 is 2.45 bits per heavy atom. The van der Waals surface area contributed by atoms with Crippen LogP contribution in [0, 0.1) is 0 Å². The molecule has 116 valence electrons. The number of nitrogens with one attached hydrogen (secondary N) is 1. The summed E-state index contributed by atoms with van der Waals surface area (Å²) in [6.45, 7) is 3.89. The molecule has 0 aromatic heterocycles. The monoisotopic (exact) mass is 363 g/mol. The van der Waals surface area contributed by atoms with E-state index < -0.39 is 0 Å². The number of benzene rings is 2. The molecule has 2 rings (SSSR count). The smallest absolute Gasteiger partial charge is 0.262 e. The zero-order valence-corrected chi connectivity index (χ0v) is 14.1. The molecule has 0 aliphatic rings. The molecule has 5 heteroatoms. The van der Waals surface area contributed by atoms with Crippen LogP contribution in [0.1, 0.15) is 13.8 Å². The molecule has 0 bridgehead atoms. The molecule has 0 aliphatic carbocycles. The topological polar surface area (TPSA) is 47.6 Å². The van der Waals surface area contributed by atoms with Gasteiger partial charge in [0, 0.05) is 5.69 Å². The van der Waals surface area contributed by atoms with E-state index in [9.17, 15) is 4.79 Å². The molecule has 0 heterocycles. The standard InChI is InChI=1S/C17H18BrNO3/c1-12(2)22-14-9-7-13(8-10-14)19-17(20)11-21-16-6-4-3-5-15(16)18/h3-10,12H,11H2,1-2H3,(H,19,20). The summed E-state index contributed by atoms with van der Waals surface area (Å²) in [4.78, 5) is 11.9. The van der Waals surface area contributed by atoms with E-state index in [0.717, 1.165) is 10.2 Å². The molecule has 0 atom stereocenters. The largest absolute Gasteiger partial charge is 0.491 e. The van der Waals surface area contributed by atoms with Crippen molar-refractivity contribution in [2.75, 3.05) is 11.9 Å². The zero-order valence-electron chi connectivity index (χ0n) is 12.5. The number of amides is 1. The Kier molecular flexibility index (Phi) is 5.83. The van der Waals surface area contributed by atoms with Crippen LogP contribution in [0.25, 0.3) is 0 Å². The van der Waals surface area contributed by atoms with Crippen LogP contribution in [-0.4, -0.2) is 18.6 Å². The first-order valence-electron chi connectivity index (χ1n) is 6.98. The van der Waals surface area contributed by atoms with Crippen molar-refractivity contribution < 1.29 is 14.3 Å². The maximum Gasteiger partial charge on any atom is 0.262 e. The highest BCUT2D eigenvalue weighted by atomic mass is 79.9. The van der Waals surface area contributed by atoms with Crippen molar-refractivity contribution in [3.8, 4) is 11.5 Å². The molecule has 0 aliphatic heterocycles. The van der Waals surface area contributed by atoms with Crippen molar-refractivity contribution in [1.82, 2.24) is 0 Å². The van der Waals surface area contributed by atoms with Crippen LogP contribution < -0.4 is 14.8 Å². The van der Waals surface area contributed by atoms with Gasteiger partial charge in [0.25, 0.3) is 5.91 Å². The SMILES string of the molecule is CC(C)Oc1ccc(NC(=O)COc2ccccc2Br)cc1. The van der Waals surface area contributed by atoms with Gasteiger partial charge in [-0.05, 0) is 66.2 Å². The molecule has 0 saturated carbocycles. The number of anilines is 1. The maximum atomic E-state index is 11.9. The van der Waals surface area contributed by atoms with Crippen LogP contribution in [0.5, 0.6) is 11.5 Å². The van der Waals surface area contributed by atoms with E-state index in [2.05, 4.69) is 21.2 Å². The molecule has 0 spiro atoms. The van der Waals surface area contributed by atoms with E-state index >= 15 is 0 Å². The first kappa shape index (κ1) is 16.4. The second kappa shape index (κ2) is 7.84. The fourth-order valence-corrected chi connectivity index (χ4v) is 2.19. The number of halogens is 1. The number of rotatable bonds is 6. The molecule has 0 fully saturated rings. The third-order valence-electron chi connectivity index (χ3n) is 2.71. The number of carbonyl (C=O) groups excluding carboxylic acids is 1. The minimum atomic E-state index is -0.215. The molecule has 0 saturated heterocycles. The van der Waals surface area contributed by atoms with E-state index in [-0.39, 0.29) is 18.6 Å². The molecule has 2 aromatic rings. The van der Waals surface area contributed by atoms with Crippen LogP contribution in [-0.2, 0) is 4.79 Å². The van der Waals surface area contributed by atoms with Crippen LogP contribution in [0.15, 0.2) is 53.0 Å². The van der Waals surface area contributed by atoms with Gasteiger partial charge in [-0.25, -0.2) is 0 Å². The summed E-state index contributed by atoms with van der Waals surface area (Å²) in [6.07, 6.45) is 0.123. The zero-order chi connectivity index (χ0) is 15.9. The van der Waals surface area contributed by atoms with Gasteiger partial charge in [-0.3, -0.25) is 4.79 Å². The summed E-state index contributed by atoms with van der Waals surface area (Å²) in [7, 11) is 0. The first-order chi connectivity index (χ1) is 10.5.